The van der Waals surface area contributed by atoms with Gasteiger partial charge in [0.15, 0.2) is 0 Å². The van der Waals surface area contributed by atoms with Crippen LogP contribution in [0.2, 0.25) is 0 Å². The van der Waals surface area contributed by atoms with Gasteiger partial charge in [-0.25, -0.2) is 4.79 Å². The Kier molecular flexibility index (Phi) is 5.38. The van der Waals surface area contributed by atoms with Crippen LogP contribution in [0.5, 0.6) is 5.75 Å². The lowest BCUT2D eigenvalue weighted by Gasteiger charge is -2.07. The number of rotatable bonds is 6. The van der Waals surface area contributed by atoms with Crippen molar-refractivity contribution in [2.24, 2.45) is 0 Å². The van der Waals surface area contributed by atoms with Crippen LogP contribution in [0.1, 0.15) is 30.1 Å². The molecule has 2 rings (SSSR count). The maximum atomic E-state index is 12.0. The summed E-state index contributed by atoms with van der Waals surface area (Å²) in [4.78, 5) is 12.0. The van der Waals surface area contributed by atoms with Gasteiger partial charge >= 0.3 is 5.97 Å². The average molecular weight is 284 g/mol. The van der Waals surface area contributed by atoms with E-state index in [9.17, 15) is 4.79 Å². The van der Waals surface area contributed by atoms with Crippen LogP contribution in [-0.2, 0) is 4.74 Å². The number of benzene rings is 2. The van der Waals surface area contributed by atoms with Crippen LogP contribution in [-0.4, -0.2) is 19.7 Å². The van der Waals surface area contributed by atoms with Gasteiger partial charge < -0.3 is 9.47 Å². The predicted molar refractivity (Wildman–Crippen MR) is 83.6 cm³/mol. The fourth-order valence-electron chi connectivity index (χ4n) is 2.00. The number of hydrogen-bond acceptors (Lipinski definition) is 3. The molecule has 3 heteroatoms. The summed E-state index contributed by atoms with van der Waals surface area (Å²) in [5, 5.41) is 0. The third-order valence-corrected chi connectivity index (χ3v) is 3.25. The standard InChI is InChI=1S/C18H20O3/c1-3-4-12-21-18(19)16-7-5-6-15(13-16)14-8-10-17(20-2)11-9-14/h5-11,13H,3-4,12H2,1-2H3. The Labute approximate surface area is 125 Å². The van der Waals surface area contributed by atoms with Gasteiger partial charge in [-0.15, -0.1) is 0 Å². The first-order chi connectivity index (χ1) is 10.2. The molecule has 2 aromatic carbocycles. The molecule has 0 N–H and O–H groups in total. The molecule has 2 aromatic rings. The Bertz CT molecular complexity index is 588. The molecule has 0 aliphatic rings. The van der Waals surface area contributed by atoms with E-state index in [0.29, 0.717) is 12.2 Å². The monoisotopic (exact) mass is 284 g/mol. The van der Waals surface area contributed by atoms with Crippen LogP contribution in [0, 0.1) is 0 Å². The first kappa shape index (κ1) is 15.1. The van der Waals surface area contributed by atoms with Crippen LogP contribution in [0.15, 0.2) is 48.5 Å². The van der Waals surface area contributed by atoms with Gasteiger partial charge in [0.05, 0.1) is 19.3 Å². The summed E-state index contributed by atoms with van der Waals surface area (Å²) in [6.45, 7) is 2.54. The van der Waals surface area contributed by atoms with Crippen LogP contribution in [0.3, 0.4) is 0 Å². The molecule has 110 valence electrons. The highest BCUT2D eigenvalue weighted by molar-refractivity contribution is 5.91. The topological polar surface area (TPSA) is 35.5 Å². The van der Waals surface area contributed by atoms with E-state index in [4.69, 9.17) is 9.47 Å². The van der Waals surface area contributed by atoms with Gasteiger partial charge in [0.1, 0.15) is 5.75 Å². The van der Waals surface area contributed by atoms with Crippen LogP contribution < -0.4 is 4.74 Å². The second kappa shape index (κ2) is 7.48. The van der Waals surface area contributed by atoms with Gasteiger partial charge in [0.25, 0.3) is 0 Å². The fraction of sp³-hybridized carbons (Fsp3) is 0.278. The van der Waals surface area contributed by atoms with Crippen molar-refractivity contribution in [3.8, 4) is 16.9 Å². The van der Waals surface area contributed by atoms with E-state index < -0.39 is 0 Å². The largest absolute Gasteiger partial charge is 0.497 e. The molecule has 21 heavy (non-hydrogen) atoms. The van der Waals surface area contributed by atoms with E-state index >= 15 is 0 Å². The summed E-state index contributed by atoms with van der Waals surface area (Å²) < 4.78 is 10.4. The summed E-state index contributed by atoms with van der Waals surface area (Å²) in [5.74, 6) is 0.549. The molecule has 0 aromatic heterocycles. The van der Waals surface area contributed by atoms with E-state index in [2.05, 4.69) is 6.92 Å². The lowest BCUT2D eigenvalue weighted by atomic mass is 10.0. The molecule has 0 atom stereocenters. The number of esters is 1. The Morgan fingerprint density at radius 2 is 1.81 bits per heavy atom. The number of carbonyl (C=O) groups is 1. The summed E-state index contributed by atoms with van der Waals surface area (Å²) in [6.07, 6.45) is 1.91. The number of carbonyl (C=O) groups excluding carboxylic acids is 1. The highest BCUT2D eigenvalue weighted by Gasteiger charge is 2.08. The third-order valence-electron chi connectivity index (χ3n) is 3.25. The normalized spacial score (nSPS) is 10.2. The van der Waals surface area contributed by atoms with E-state index in [1.807, 2.05) is 42.5 Å². The minimum Gasteiger partial charge on any atom is -0.497 e. The van der Waals surface area contributed by atoms with Crippen molar-refractivity contribution in [1.29, 1.82) is 0 Å². The van der Waals surface area contributed by atoms with E-state index in [1.54, 1.807) is 13.2 Å². The Hall–Kier alpha value is -2.29. The minimum absolute atomic E-state index is 0.265. The van der Waals surface area contributed by atoms with Crippen molar-refractivity contribution in [2.45, 2.75) is 19.8 Å². The molecule has 0 spiro atoms. The van der Waals surface area contributed by atoms with Gasteiger partial charge in [-0.05, 0) is 41.8 Å². The zero-order valence-corrected chi connectivity index (χ0v) is 12.5. The summed E-state index contributed by atoms with van der Waals surface area (Å²) in [6, 6.07) is 15.2. The molecule has 0 saturated heterocycles. The van der Waals surface area contributed by atoms with E-state index in [-0.39, 0.29) is 5.97 Å². The summed E-state index contributed by atoms with van der Waals surface area (Å²) in [7, 11) is 1.64. The van der Waals surface area contributed by atoms with E-state index in [1.165, 1.54) is 0 Å². The van der Waals surface area contributed by atoms with Crippen molar-refractivity contribution in [3.63, 3.8) is 0 Å². The number of unbranched alkanes of at least 4 members (excludes halogenated alkanes) is 1. The first-order valence-corrected chi connectivity index (χ1v) is 7.16. The maximum Gasteiger partial charge on any atom is 0.338 e. The van der Waals surface area contributed by atoms with Gasteiger partial charge in [-0.2, -0.15) is 0 Å². The second-order valence-electron chi connectivity index (χ2n) is 4.80. The molecule has 0 aliphatic heterocycles. The number of methoxy groups -OCH3 is 1. The molecular weight excluding hydrogens is 264 g/mol. The lowest BCUT2D eigenvalue weighted by molar-refractivity contribution is 0.0500. The minimum atomic E-state index is -0.265. The molecule has 0 unspecified atom stereocenters. The quantitative estimate of drug-likeness (QED) is 0.585. The molecule has 0 bridgehead atoms. The molecule has 0 aliphatic carbocycles. The molecule has 0 heterocycles. The highest BCUT2D eigenvalue weighted by atomic mass is 16.5. The summed E-state index contributed by atoms with van der Waals surface area (Å²) in [5.41, 5.74) is 2.61. The lowest BCUT2D eigenvalue weighted by Crippen LogP contribution is -2.06. The Morgan fingerprint density at radius 3 is 2.48 bits per heavy atom. The van der Waals surface area contributed by atoms with Crippen molar-refractivity contribution in [3.05, 3.63) is 54.1 Å². The molecule has 0 fully saturated rings. The Balaban J connectivity index is 2.14. The van der Waals surface area contributed by atoms with Gasteiger partial charge in [-0.3, -0.25) is 0 Å². The molecular formula is C18H20O3. The van der Waals surface area contributed by atoms with E-state index in [0.717, 1.165) is 29.7 Å². The number of hydrogen-bond donors (Lipinski definition) is 0. The smallest absolute Gasteiger partial charge is 0.338 e. The zero-order valence-electron chi connectivity index (χ0n) is 12.5. The van der Waals surface area contributed by atoms with Crippen molar-refractivity contribution in [2.75, 3.05) is 13.7 Å². The average Bonchev–Trinajstić information content (AvgIpc) is 2.55. The Morgan fingerprint density at radius 1 is 1.05 bits per heavy atom. The van der Waals surface area contributed by atoms with Gasteiger partial charge in [0.2, 0.25) is 0 Å². The highest BCUT2D eigenvalue weighted by Crippen LogP contribution is 2.23. The SMILES string of the molecule is CCCCOC(=O)c1cccc(-c2ccc(OC)cc2)c1. The van der Waals surface area contributed by atoms with Crippen LogP contribution >= 0.6 is 0 Å². The zero-order chi connectivity index (χ0) is 15.1. The molecule has 0 amide bonds. The second-order valence-corrected chi connectivity index (χ2v) is 4.80. The molecule has 0 saturated carbocycles. The number of ether oxygens (including phenoxy) is 2. The summed E-state index contributed by atoms with van der Waals surface area (Å²) >= 11 is 0. The first-order valence-electron chi connectivity index (χ1n) is 7.16. The van der Waals surface area contributed by atoms with Crippen molar-refractivity contribution < 1.29 is 14.3 Å². The maximum absolute atomic E-state index is 12.0. The van der Waals surface area contributed by atoms with Crippen molar-refractivity contribution >= 4 is 5.97 Å². The predicted octanol–water partition coefficient (Wildman–Crippen LogP) is 4.32. The van der Waals surface area contributed by atoms with Gasteiger partial charge in [0, 0.05) is 0 Å². The van der Waals surface area contributed by atoms with Crippen LogP contribution in [0.4, 0.5) is 0 Å². The third kappa shape index (κ3) is 4.09. The molecule has 3 nitrogen and oxygen atoms in total. The molecule has 0 radical (unpaired) electrons. The van der Waals surface area contributed by atoms with Crippen LogP contribution in [0.25, 0.3) is 11.1 Å². The van der Waals surface area contributed by atoms with Crippen molar-refractivity contribution in [1.82, 2.24) is 0 Å². The van der Waals surface area contributed by atoms with Gasteiger partial charge in [-0.1, -0.05) is 37.6 Å². The fourth-order valence-corrected chi connectivity index (χ4v) is 2.00.